The Morgan fingerprint density at radius 2 is 1.59 bits per heavy atom. The van der Waals surface area contributed by atoms with E-state index in [1.54, 1.807) is 0 Å². The van der Waals surface area contributed by atoms with E-state index >= 15 is 0 Å². The second kappa shape index (κ2) is 9.86. The Morgan fingerprint density at radius 3 is 2.16 bits per heavy atom. The van der Waals surface area contributed by atoms with Crippen LogP contribution in [0.25, 0.3) is 0 Å². The molecular formula is C27H33NO4. The minimum absolute atomic E-state index is 0.0922. The molecule has 2 bridgehead atoms. The molecule has 0 aromatic heterocycles. The fourth-order valence-electron chi connectivity index (χ4n) is 5.24. The predicted octanol–water partition coefficient (Wildman–Crippen LogP) is 5.12. The van der Waals surface area contributed by atoms with Crippen LogP contribution in [0, 0.1) is 12.8 Å². The van der Waals surface area contributed by atoms with Crippen molar-refractivity contribution < 1.29 is 19.1 Å². The number of aryl methyl sites for hydroxylation is 3. The summed E-state index contributed by atoms with van der Waals surface area (Å²) in [4.78, 5) is 28.5. The van der Waals surface area contributed by atoms with E-state index in [2.05, 4.69) is 32.9 Å². The number of fused-ring (bicyclic) bond motifs is 2. The number of morpholine rings is 1. The quantitative estimate of drug-likeness (QED) is 0.591. The third-order valence-electron chi connectivity index (χ3n) is 6.76. The summed E-state index contributed by atoms with van der Waals surface area (Å²) < 4.78 is 11.4. The molecule has 0 radical (unpaired) electrons. The fourth-order valence-corrected chi connectivity index (χ4v) is 5.24. The van der Waals surface area contributed by atoms with Crippen LogP contribution in [0.15, 0.2) is 42.5 Å². The zero-order valence-corrected chi connectivity index (χ0v) is 19.3. The maximum absolute atomic E-state index is 13.7. The van der Waals surface area contributed by atoms with Crippen LogP contribution in [0.3, 0.4) is 0 Å². The van der Waals surface area contributed by atoms with Crippen molar-refractivity contribution in [2.45, 2.75) is 65.1 Å². The predicted molar refractivity (Wildman–Crippen MR) is 124 cm³/mol. The van der Waals surface area contributed by atoms with Crippen molar-refractivity contribution in [2.75, 3.05) is 13.2 Å². The molecule has 2 saturated heterocycles. The molecule has 2 aliphatic rings. The molecule has 4 rings (SSSR count). The summed E-state index contributed by atoms with van der Waals surface area (Å²) in [6.07, 6.45) is 2.62. The van der Waals surface area contributed by atoms with Crippen LogP contribution in [0.4, 0.5) is 4.79 Å². The number of hydrogen-bond acceptors (Lipinski definition) is 4. The van der Waals surface area contributed by atoms with Crippen molar-refractivity contribution in [1.82, 2.24) is 4.90 Å². The number of ether oxygens (including phenoxy) is 2. The highest BCUT2D eigenvalue weighted by Gasteiger charge is 2.45. The van der Waals surface area contributed by atoms with E-state index < -0.39 is 0 Å². The standard InChI is InChI=1S/C27H33NO4/c1-4-20-11-18(3)12-21(5-2)25(20)26(29)22-13-23-16-31-17-24(14-22)28(23)27(30)32-15-19-9-7-6-8-10-19/h6-12,22-24H,4-5,13-17H2,1-3H3. The summed E-state index contributed by atoms with van der Waals surface area (Å²) in [6, 6.07) is 13.7. The van der Waals surface area contributed by atoms with Crippen LogP contribution in [-0.4, -0.2) is 42.1 Å². The van der Waals surface area contributed by atoms with Crippen LogP contribution >= 0.6 is 0 Å². The molecule has 2 fully saturated rings. The van der Waals surface area contributed by atoms with E-state index in [0.717, 1.165) is 35.1 Å². The second-order valence-electron chi connectivity index (χ2n) is 8.99. The molecule has 170 valence electrons. The first-order chi connectivity index (χ1) is 15.5. The van der Waals surface area contributed by atoms with Crippen molar-refractivity contribution in [3.8, 4) is 0 Å². The molecule has 0 spiro atoms. The number of benzene rings is 2. The van der Waals surface area contributed by atoms with E-state index in [1.165, 1.54) is 5.56 Å². The number of piperidine rings is 1. The summed E-state index contributed by atoms with van der Waals surface area (Å²) >= 11 is 0. The Bertz CT molecular complexity index is 932. The van der Waals surface area contributed by atoms with Crippen LogP contribution in [0.5, 0.6) is 0 Å². The Morgan fingerprint density at radius 1 is 1.00 bits per heavy atom. The molecule has 5 heteroatoms. The lowest BCUT2D eigenvalue weighted by atomic mass is 9.78. The van der Waals surface area contributed by atoms with E-state index in [9.17, 15) is 9.59 Å². The molecule has 0 N–H and O–H groups in total. The lowest BCUT2D eigenvalue weighted by molar-refractivity contribution is -0.0755. The van der Waals surface area contributed by atoms with E-state index in [1.807, 2.05) is 35.2 Å². The van der Waals surface area contributed by atoms with Gasteiger partial charge in [-0.15, -0.1) is 0 Å². The Kier molecular flexibility index (Phi) is 6.95. The second-order valence-corrected chi connectivity index (χ2v) is 8.99. The van der Waals surface area contributed by atoms with E-state index in [0.29, 0.717) is 26.1 Å². The first-order valence-corrected chi connectivity index (χ1v) is 11.7. The van der Waals surface area contributed by atoms with Crippen molar-refractivity contribution in [2.24, 2.45) is 5.92 Å². The van der Waals surface area contributed by atoms with Gasteiger partial charge in [-0.1, -0.05) is 61.9 Å². The van der Waals surface area contributed by atoms with Gasteiger partial charge in [0, 0.05) is 11.5 Å². The van der Waals surface area contributed by atoms with E-state index in [-0.39, 0.29) is 36.5 Å². The molecule has 32 heavy (non-hydrogen) atoms. The van der Waals surface area contributed by atoms with Gasteiger partial charge < -0.3 is 9.47 Å². The Labute approximate surface area is 190 Å². The van der Waals surface area contributed by atoms with Gasteiger partial charge in [-0.3, -0.25) is 9.69 Å². The fraction of sp³-hybridized carbons (Fsp3) is 0.481. The number of nitrogens with zero attached hydrogens (tertiary/aromatic N) is 1. The number of Topliss-reactive ketones (excluding diaryl/α,β-unsaturated/α-hetero) is 1. The van der Waals surface area contributed by atoms with Crippen LogP contribution in [0.2, 0.25) is 0 Å². The maximum Gasteiger partial charge on any atom is 0.410 e. The average Bonchev–Trinajstić information content (AvgIpc) is 2.81. The molecule has 1 amide bonds. The third kappa shape index (κ3) is 4.58. The molecule has 2 unspecified atom stereocenters. The summed E-state index contributed by atoms with van der Waals surface area (Å²) in [6.45, 7) is 7.47. The Hall–Kier alpha value is -2.66. The van der Waals surface area contributed by atoms with Gasteiger partial charge in [0.25, 0.3) is 0 Å². The van der Waals surface area contributed by atoms with Gasteiger partial charge in [-0.25, -0.2) is 4.79 Å². The molecule has 5 nitrogen and oxygen atoms in total. The number of carbonyl (C=O) groups excluding carboxylic acids is 2. The highest BCUT2D eigenvalue weighted by atomic mass is 16.6. The average molecular weight is 436 g/mol. The van der Waals surface area contributed by atoms with Crippen molar-refractivity contribution in [1.29, 1.82) is 0 Å². The molecular weight excluding hydrogens is 402 g/mol. The summed E-state index contributed by atoms with van der Waals surface area (Å²) in [5, 5.41) is 0. The highest BCUT2D eigenvalue weighted by molar-refractivity contribution is 6.01. The number of carbonyl (C=O) groups is 2. The Balaban J connectivity index is 1.50. The lowest BCUT2D eigenvalue weighted by Gasteiger charge is -2.47. The van der Waals surface area contributed by atoms with Crippen molar-refractivity contribution in [3.05, 3.63) is 70.3 Å². The minimum atomic E-state index is -0.308. The van der Waals surface area contributed by atoms with E-state index in [4.69, 9.17) is 9.47 Å². The number of ketones is 1. The van der Waals surface area contributed by atoms with Gasteiger partial charge in [0.1, 0.15) is 6.61 Å². The zero-order valence-electron chi connectivity index (χ0n) is 19.3. The number of hydrogen-bond donors (Lipinski definition) is 0. The molecule has 2 atom stereocenters. The molecule has 0 aliphatic carbocycles. The summed E-state index contributed by atoms with van der Waals surface area (Å²) in [5.74, 6) is 0.137. The number of rotatable bonds is 6. The monoisotopic (exact) mass is 435 g/mol. The maximum atomic E-state index is 13.7. The summed E-state index contributed by atoms with van der Waals surface area (Å²) in [7, 11) is 0. The largest absolute Gasteiger partial charge is 0.445 e. The van der Waals surface area contributed by atoms with Crippen molar-refractivity contribution in [3.63, 3.8) is 0 Å². The smallest absolute Gasteiger partial charge is 0.410 e. The molecule has 2 aromatic carbocycles. The van der Waals surface area contributed by atoms with Gasteiger partial charge in [0.2, 0.25) is 0 Å². The number of amides is 1. The molecule has 2 aromatic rings. The molecule has 2 aliphatic heterocycles. The van der Waals surface area contributed by atoms with Gasteiger partial charge in [-0.2, -0.15) is 0 Å². The first kappa shape index (κ1) is 22.5. The van der Waals surface area contributed by atoms with Gasteiger partial charge in [0.05, 0.1) is 25.3 Å². The minimum Gasteiger partial charge on any atom is -0.445 e. The first-order valence-electron chi connectivity index (χ1n) is 11.7. The van der Waals surface area contributed by atoms with Gasteiger partial charge in [0.15, 0.2) is 5.78 Å². The van der Waals surface area contributed by atoms with Gasteiger partial charge >= 0.3 is 6.09 Å². The molecule has 0 saturated carbocycles. The third-order valence-corrected chi connectivity index (χ3v) is 6.76. The van der Waals surface area contributed by atoms with Crippen LogP contribution in [-0.2, 0) is 28.9 Å². The van der Waals surface area contributed by atoms with Crippen LogP contribution < -0.4 is 0 Å². The van der Waals surface area contributed by atoms with Crippen LogP contribution in [0.1, 0.15) is 59.3 Å². The lowest BCUT2D eigenvalue weighted by Crippen LogP contribution is -2.60. The van der Waals surface area contributed by atoms with Crippen molar-refractivity contribution >= 4 is 11.9 Å². The topological polar surface area (TPSA) is 55.8 Å². The highest BCUT2D eigenvalue weighted by Crippen LogP contribution is 2.35. The van der Waals surface area contributed by atoms with Gasteiger partial charge in [-0.05, 0) is 49.3 Å². The molecule has 2 heterocycles. The normalized spacial score (nSPS) is 22.5. The summed E-state index contributed by atoms with van der Waals surface area (Å²) in [5.41, 5.74) is 5.35. The SMILES string of the molecule is CCc1cc(C)cc(CC)c1C(=O)C1CC2COCC(C1)N2C(=O)OCc1ccccc1. The zero-order chi connectivity index (χ0) is 22.7.